The van der Waals surface area contributed by atoms with Gasteiger partial charge in [-0.2, -0.15) is 0 Å². The fourth-order valence-corrected chi connectivity index (χ4v) is 9.67. The molecule has 62 heavy (non-hydrogen) atoms. The minimum Gasteiger partial charge on any atom is -0.453 e. The Kier molecular flexibility index (Phi) is 12.4. The maximum Gasteiger partial charge on any atom is 0.407 e. The van der Waals surface area contributed by atoms with Crippen LogP contribution < -0.4 is 16.0 Å². The quantitative estimate of drug-likeness (QED) is 0.125. The Balaban J connectivity index is 0.974. The number of allylic oxidation sites excluding steroid dienone is 2. The molecule has 4 aromatic rings. The molecule has 0 spiro atoms. The number of carbonyl (C=O) groups is 4. The molecule has 0 saturated carbocycles. The van der Waals surface area contributed by atoms with E-state index in [9.17, 15) is 19.2 Å². The second-order valence-corrected chi connectivity index (χ2v) is 17.7. The van der Waals surface area contributed by atoms with Gasteiger partial charge in [0.2, 0.25) is 11.8 Å². The number of likely N-dealkylation sites (tertiary alicyclic amines) is 2. The van der Waals surface area contributed by atoms with Crippen molar-refractivity contribution in [1.82, 2.24) is 35.7 Å². The lowest BCUT2D eigenvalue weighted by Gasteiger charge is -2.32. The highest BCUT2D eigenvalue weighted by atomic mass is 16.5. The van der Waals surface area contributed by atoms with Crippen LogP contribution in [0.15, 0.2) is 72.4 Å². The second kappa shape index (κ2) is 18.1. The third-order valence-corrected chi connectivity index (χ3v) is 13.0. The highest BCUT2D eigenvalue weighted by Gasteiger charge is 2.39. The van der Waals surface area contributed by atoms with Crippen molar-refractivity contribution in [2.24, 2.45) is 11.8 Å². The zero-order chi connectivity index (χ0) is 43.7. The van der Waals surface area contributed by atoms with E-state index >= 15 is 0 Å². The Hall–Kier alpha value is -6.11. The first kappa shape index (κ1) is 42.6. The Labute approximate surface area is 363 Å². The van der Waals surface area contributed by atoms with Crippen LogP contribution in [0.3, 0.4) is 0 Å². The van der Waals surface area contributed by atoms with Crippen molar-refractivity contribution in [1.29, 1.82) is 0 Å². The summed E-state index contributed by atoms with van der Waals surface area (Å²) in [6, 6.07) is 18.2. The number of H-pyrrole nitrogens is 1. The molecule has 1 aromatic heterocycles. The summed E-state index contributed by atoms with van der Waals surface area (Å²) in [5.74, 6) is 0.368. The van der Waals surface area contributed by atoms with Gasteiger partial charge in [-0.25, -0.2) is 14.6 Å². The van der Waals surface area contributed by atoms with Crippen molar-refractivity contribution in [3.05, 3.63) is 95.0 Å². The molecule has 326 valence electrons. The molecule has 0 bridgehead atoms. The number of fused-ring (bicyclic) bond motifs is 4. The van der Waals surface area contributed by atoms with Crippen LogP contribution in [0, 0.1) is 11.8 Å². The third-order valence-electron chi connectivity index (χ3n) is 13.0. The number of carbonyl (C=O) groups excluding carboxylic acids is 4. The van der Waals surface area contributed by atoms with E-state index in [2.05, 4.69) is 81.6 Å². The summed E-state index contributed by atoms with van der Waals surface area (Å²) in [5.41, 5.74) is 12.4. The molecule has 13 nitrogen and oxygen atoms in total. The van der Waals surface area contributed by atoms with Gasteiger partial charge in [0.1, 0.15) is 17.9 Å². The molecule has 4 atom stereocenters. The maximum absolute atomic E-state index is 13.8. The average Bonchev–Trinajstić information content (AvgIpc) is 4.03. The van der Waals surface area contributed by atoms with Crippen LogP contribution in [0.25, 0.3) is 39.0 Å². The monoisotopic (exact) mass is 841 g/mol. The number of amides is 4. The van der Waals surface area contributed by atoms with E-state index in [-0.39, 0.29) is 35.7 Å². The van der Waals surface area contributed by atoms with Gasteiger partial charge in [0, 0.05) is 24.5 Å². The number of benzene rings is 3. The van der Waals surface area contributed by atoms with Crippen molar-refractivity contribution >= 4 is 40.7 Å². The Morgan fingerprint density at radius 1 is 0.694 bits per heavy atom. The molecule has 4 N–H and O–H groups in total. The number of nitrogens with zero attached hydrogens (tertiary/aromatic N) is 3. The first-order chi connectivity index (χ1) is 29.9. The molecule has 8 rings (SSSR count). The van der Waals surface area contributed by atoms with Gasteiger partial charge in [0.25, 0.3) is 0 Å². The maximum atomic E-state index is 13.8. The van der Waals surface area contributed by atoms with E-state index < -0.39 is 24.3 Å². The van der Waals surface area contributed by atoms with Crippen molar-refractivity contribution in [2.45, 2.75) is 103 Å². The SMILES string of the molecule is COC(=O)N[C@H](C(=O)N1CCC[C@H]1C1=CCCC=C(c2ccc3c(c2)CCc2cc(-c4ccc5nc([C@@H]6CCCN6C(=O)[C@@H](NC(=O)OC)C(C)C)[nH]c5c4)ccc2-3)N1)C(C)C. The molecule has 13 heteroatoms. The molecule has 2 saturated heterocycles. The molecular weight excluding hydrogens is 783 g/mol. The minimum atomic E-state index is -0.685. The number of hydrogen-bond donors (Lipinski definition) is 4. The van der Waals surface area contributed by atoms with E-state index in [1.54, 1.807) is 0 Å². The Bertz CT molecular complexity index is 2430. The number of hydrogen-bond acceptors (Lipinski definition) is 8. The number of aromatic nitrogens is 2. The average molecular weight is 842 g/mol. The van der Waals surface area contributed by atoms with Crippen LogP contribution in [0.2, 0.25) is 0 Å². The van der Waals surface area contributed by atoms with E-state index in [0.29, 0.717) is 13.1 Å². The number of ether oxygens (including phenoxy) is 2. The van der Waals surface area contributed by atoms with Crippen molar-refractivity contribution in [3.8, 4) is 22.3 Å². The smallest absolute Gasteiger partial charge is 0.407 e. The first-order valence-corrected chi connectivity index (χ1v) is 22.2. The minimum absolute atomic E-state index is 0.0779. The third kappa shape index (κ3) is 8.54. The molecule has 4 heterocycles. The fourth-order valence-electron chi connectivity index (χ4n) is 9.67. The van der Waals surface area contributed by atoms with E-state index in [4.69, 9.17) is 14.5 Å². The summed E-state index contributed by atoms with van der Waals surface area (Å²) in [5, 5.41) is 9.25. The van der Waals surface area contributed by atoms with Crippen LogP contribution in [-0.2, 0) is 31.9 Å². The number of aryl methyl sites for hydroxylation is 2. The predicted octanol–water partition coefficient (Wildman–Crippen LogP) is 8.02. The summed E-state index contributed by atoms with van der Waals surface area (Å²) >= 11 is 0. The van der Waals surface area contributed by atoms with Gasteiger partial charge in [-0.3, -0.25) is 9.59 Å². The molecule has 4 aliphatic rings. The lowest BCUT2D eigenvalue weighted by molar-refractivity contribution is -0.136. The van der Waals surface area contributed by atoms with Crippen LogP contribution in [-0.4, -0.2) is 89.2 Å². The highest BCUT2D eigenvalue weighted by Crippen LogP contribution is 2.39. The lowest BCUT2D eigenvalue weighted by atomic mass is 9.83. The molecule has 0 radical (unpaired) electrons. The fraction of sp³-hybridized carbons (Fsp3) is 0.449. The Morgan fingerprint density at radius 3 is 1.84 bits per heavy atom. The topological polar surface area (TPSA) is 158 Å². The number of imidazole rings is 1. The Morgan fingerprint density at radius 2 is 1.23 bits per heavy atom. The summed E-state index contributed by atoms with van der Waals surface area (Å²) in [6.45, 7) is 8.96. The van der Waals surface area contributed by atoms with Gasteiger partial charge < -0.3 is 40.2 Å². The van der Waals surface area contributed by atoms with Gasteiger partial charge in [-0.05, 0) is 120 Å². The van der Waals surface area contributed by atoms with Crippen LogP contribution in [0.4, 0.5) is 9.59 Å². The van der Waals surface area contributed by atoms with Gasteiger partial charge in [0.15, 0.2) is 0 Å². The molecule has 0 unspecified atom stereocenters. The van der Waals surface area contributed by atoms with Crippen molar-refractivity contribution < 1.29 is 28.7 Å². The molecule has 2 fully saturated rings. The number of rotatable bonds is 10. The van der Waals surface area contributed by atoms with Gasteiger partial charge in [-0.15, -0.1) is 0 Å². The normalized spacial score (nSPS) is 19.5. The van der Waals surface area contributed by atoms with Gasteiger partial charge in [-0.1, -0.05) is 76.2 Å². The van der Waals surface area contributed by atoms with Gasteiger partial charge >= 0.3 is 12.2 Å². The van der Waals surface area contributed by atoms with Crippen LogP contribution >= 0.6 is 0 Å². The number of aromatic amines is 1. The summed E-state index contributed by atoms with van der Waals surface area (Å²) < 4.78 is 9.63. The van der Waals surface area contributed by atoms with Crippen LogP contribution in [0.1, 0.15) is 94.8 Å². The zero-order valence-corrected chi connectivity index (χ0v) is 36.7. The van der Waals surface area contributed by atoms with E-state index in [1.165, 1.54) is 36.5 Å². The van der Waals surface area contributed by atoms with Gasteiger partial charge in [0.05, 0.1) is 37.3 Å². The second-order valence-electron chi connectivity index (χ2n) is 17.7. The van der Waals surface area contributed by atoms with Crippen molar-refractivity contribution in [3.63, 3.8) is 0 Å². The van der Waals surface area contributed by atoms with Crippen molar-refractivity contribution in [2.75, 3.05) is 27.3 Å². The van der Waals surface area contributed by atoms with E-state index in [1.807, 2.05) is 43.6 Å². The number of nitrogens with one attached hydrogen (secondary N) is 4. The molecule has 3 aliphatic heterocycles. The standard InChI is InChI=1S/C49H59N7O6/c1-28(2)43(53-48(59)61-5)46(57)55-23-9-13-41(55)39-12-8-7-11-37(50-39)34-18-21-36-33(26-34)16-15-32-25-30(17-20-35(32)36)31-19-22-38-40(27-31)52-45(51-38)42-14-10-24-56(42)47(58)44(29(3)4)54-49(60)62-6/h11-12,17-22,25-29,41-44,50H,7-10,13-16,23-24H2,1-6H3,(H,51,52)(H,53,59)(H,54,60)/t41-,42-,43-,44-/m0/s1. The van der Waals surface area contributed by atoms with E-state index in [0.717, 1.165) is 96.3 Å². The molecular formula is C49H59N7O6. The summed E-state index contributed by atoms with van der Waals surface area (Å²) in [6.07, 6.45) is 10.3. The zero-order valence-electron chi connectivity index (χ0n) is 36.7. The summed E-state index contributed by atoms with van der Waals surface area (Å²) in [7, 11) is 2.62. The number of methoxy groups -OCH3 is 2. The predicted molar refractivity (Wildman–Crippen MR) is 240 cm³/mol. The molecule has 1 aliphatic carbocycles. The number of alkyl carbamates (subject to hydrolysis) is 2. The molecule has 3 aromatic carbocycles. The highest BCUT2D eigenvalue weighted by molar-refractivity contribution is 5.88. The van der Waals surface area contributed by atoms with Crippen LogP contribution in [0.5, 0.6) is 0 Å². The first-order valence-electron chi connectivity index (χ1n) is 22.2. The summed E-state index contributed by atoms with van der Waals surface area (Å²) in [4.78, 5) is 63.9. The molecule has 4 amide bonds. The largest absolute Gasteiger partial charge is 0.453 e. The lowest BCUT2D eigenvalue weighted by Crippen LogP contribution is -2.53.